The number of aliphatic imine (C=N–C) groups is 1. The predicted octanol–water partition coefficient (Wildman–Crippen LogP) is 9.86. The molecule has 8 rings (SSSR count). The molecule has 4 aromatic carbocycles. The highest BCUT2D eigenvalue weighted by Gasteiger charge is 2.42. The van der Waals surface area contributed by atoms with E-state index in [2.05, 4.69) is 104 Å². The van der Waals surface area contributed by atoms with Gasteiger partial charge in [-0.1, -0.05) is 101 Å². The Morgan fingerprint density at radius 3 is 2.43 bits per heavy atom. The minimum Gasteiger partial charge on any atom is -0.501 e. The van der Waals surface area contributed by atoms with Gasteiger partial charge in [-0.25, -0.2) is 14.6 Å². The quantitative estimate of drug-likeness (QED) is 0.0607. The lowest BCUT2D eigenvalue weighted by Crippen LogP contribution is -2.52. The third kappa shape index (κ3) is 10.7. The van der Waals surface area contributed by atoms with Crippen LogP contribution in [0.15, 0.2) is 108 Å². The molecule has 1 saturated heterocycles. The Bertz CT molecular complexity index is 2820. The number of halogens is 1. The molecule has 3 heterocycles. The molecule has 1 aromatic heterocycles. The number of nitrogens with one attached hydrogen (secondary N) is 3. The number of hydrogen-bond donors (Lipinski definition) is 3. The fourth-order valence-electron chi connectivity index (χ4n) is 9.67. The number of rotatable bonds is 17. The summed E-state index contributed by atoms with van der Waals surface area (Å²) < 4.78 is 17.8. The molecule has 1 aliphatic carbocycles. The zero-order chi connectivity index (χ0) is 49.6. The largest absolute Gasteiger partial charge is 0.501 e. The van der Waals surface area contributed by atoms with Crippen molar-refractivity contribution in [3.05, 3.63) is 126 Å². The lowest BCUT2D eigenvalue weighted by Gasteiger charge is -2.30. The Hall–Kier alpha value is -6.43. The summed E-state index contributed by atoms with van der Waals surface area (Å²) >= 11 is 2.32. The first-order valence-corrected chi connectivity index (χ1v) is 25.1. The van der Waals surface area contributed by atoms with Crippen molar-refractivity contribution in [3.8, 4) is 11.1 Å². The predicted molar refractivity (Wildman–Crippen MR) is 280 cm³/mol. The zero-order valence-corrected chi connectivity index (χ0v) is 42.9. The van der Waals surface area contributed by atoms with Crippen molar-refractivity contribution < 1.29 is 33.4 Å². The summed E-state index contributed by atoms with van der Waals surface area (Å²) in [5.41, 5.74) is 7.23. The van der Waals surface area contributed by atoms with Gasteiger partial charge in [0, 0.05) is 24.4 Å². The van der Waals surface area contributed by atoms with E-state index in [1.807, 2.05) is 62.1 Å². The van der Waals surface area contributed by atoms with Crippen LogP contribution in [-0.4, -0.2) is 93.9 Å². The number of carbonyl (C=O) groups is 4. The van der Waals surface area contributed by atoms with E-state index in [0.29, 0.717) is 62.1 Å². The van der Waals surface area contributed by atoms with Crippen LogP contribution >= 0.6 is 22.9 Å². The van der Waals surface area contributed by atoms with E-state index in [4.69, 9.17) is 24.2 Å². The Balaban J connectivity index is 1.03. The monoisotopic (exact) mass is 1060 g/mol. The van der Waals surface area contributed by atoms with Crippen LogP contribution in [0.2, 0.25) is 0 Å². The molecule has 2 fully saturated rings. The second-order valence-electron chi connectivity index (χ2n) is 18.8. The van der Waals surface area contributed by atoms with Gasteiger partial charge >= 0.3 is 12.2 Å². The smallest absolute Gasteiger partial charge is 0.407 e. The number of aromatic nitrogens is 2. The molecule has 5 atom stereocenters. The van der Waals surface area contributed by atoms with E-state index in [1.165, 1.54) is 33.5 Å². The van der Waals surface area contributed by atoms with Crippen molar-refractivity contribution in [3.63, 3.8) is 0 Å². The van der Waals surface area contributed by atoms with Gasteiger partial charge in [0.2, 0.25) is 5.91 Å². The number of likely N-dealkylation sites (tertiary alicyclic amines) is 1. The Labute approximate surface area is 423 Å². The molecule has 0 bridgehead atoms. The van der Waals surface area contributed by atoms with E-state index in [0.717, 1.165) is 49.9 Å². The first-order chi connectivity index (χ1) is 33.8. The summed E-state index contributed by atoms with van der Waals surface area (Å²) in [6.07, 6.45) is 7.48. The van der Waals surface area contributed by atoms with Crippen molar-refractivity contribution in [1.29, 1.82) is 0 Å². The average molecular weight is 1060 g/mol. The molecule has 2 aliphatic heterocycles. The van der Waals surface area contributed by atoms with Gasteiger partial charge in [0.1, 0.15) is 23.7 Å². The van der Waals surface area contributed by atoms with E-state index in [9.17, 15) is 19.2 Å². The second kappa shape index (κ2) is 22.1. The van der Waals surface area contributed by atoms with Gasteiger partial charge in [-0.05, 0) is 95.9 Å². The minimum atomic E-state index is -0.960. The fourth-order valence-corrected chi connectivity index (χ4v) is 10.6. The third-order valence-electron chi connectivity index (χ3n) is 13.8. The van der Waals surface area contributed by atoms with Crippen LogP contribution in [0.25, 0.3) is 32.9 Å². The molecule has 4 amide bonds. The van der Waals surface area contributed by atoms with E-state index >= 15 is 0 Å². The van der Waals surface area contributed by atoms with Crippen molar-refractivity contribution in [1.82, 2.24) is 33.5 Å². The molecular formula is C54H63IN8O7. The highest BCUT2D eigenvalue weighted by molar-refractivity contribution is 14.1. The van der Waals surface area contributed by atoms with Crippen molar-refractivity contribution in [2.75, 3.05) is 40.5 Å². The van der Waals surface area contributed by atoms with E-state index < -0.39 is 30.3 Å². The van der Waals surface area contributed by atoms with Crippen LogP contribution in [0.5, 0.6) is 0 Å². The Morgan fingerprint density at radius 1 is 0.986 bits per heavy atom. The summed E-state index contributed by atoms with van der Waals surface area (Å²) in [6.45, 7) is 14.1. The highest BCUT2D eigenvalue weighted by Crippen LogP contribution is 2.42. The van der Waals surface area contributed by atoms with Crippen molar-refractivity contribution in [2.24, 2.45) is 22.7 Å². The molecule has 5 aromatic rings. The summed E-state index contributed by atoms with van der Waals surface area (Å²) in [4.78, 5) is 66.7. The molecule has 70 heavy (non-hydrogen) atoms. The van der Waals surface area contributed by atoms with E-state index in [1.54, 1.807) is 11.2 Å². The molecule has 3 N–H and O–H groups in total. The number of amides is 4. The number of nitrogens with zero attached hydrogens (tertiary/aromatic N) is 5. The highest BCUT2D eigenvalue weighted by atomic mass is 127. The van der Waals surface area contributed by atoms with Crippen LogP contribution in [0.4, 0.5) is 9.59 Å². The average Bonchev–Trinajstić information content (AvgIpc) is 4.10. The number of hydrogen-bond acceptors (Lipinski definition) is 10. The number of imidazole rings is 1. The molecule has 2 unspecified atom stereocenters. The van der Waals surface area contributed by atoms with Crippen LogP contribution in [0.1, 0.15) is 93.5 Å². The molecule has 368 valence electrons. The first kappa shape index (κ1) is 50.0. The lowest BCUT2D eigenvalue weighted by atomic mass is 9.86. The summed E-state index contributed by atoms with van der Waals surface area (Å²) in [5.74, 6) is 1.22. The van der Waals surface area contributed by atoms with Crippen molar-refractivity contribution >= 4 is 74.5 Å². The second-order valence-corrected chi connectivity index (χ2v) is 19.8. The first-order valence-electron chi connectivity index (χ1n) is 24.2. The summed E-state index contributed by atoms with van der Waals surface area (Å²) in [6, 6.07) is 24.1. The summed E-state index contributed by atoms with van der Waals surface area (Å²) in [7, 11) is 2.57. The zero-order valence-electron chi connectivity index (χ0n) is 40.7. The van der Waals surface area contributed by atoms with Crippen LogP contribution in [0.3, 0.4) is 0 Å². The van der Waals surface area contributed by atoms with Crippen LogP contribution in [0, 0.1) is 24.7 Å². The van der Waals surface area contributed by atoms with Gasteiger partial charge in [0.05, 0.1) is 85.3 Å². The number of aryl methyl sites for hydroxylation is 1. The normalized spacial score (nSPS) is 18.8. The molecule has 3 aliphatic rings. The third-order valence-corrected chi connectivity index (χ3v) is 14.7. The van der Waals surface area contributed by atoms with Gasteiger partial charge in [-0.15, -0.1) is 0 Å². The number of methoxy groups -OCH3 is 2. The summed E-state index contributed by atoms with van der Waals surface area (Å²) in [5, 5.41) is 11.1. The van der Waals surface area contributed by atoms with Gasteiger partial charge in [0.25, 0.3) is 5.91 Å². The molecule has 1 saturated carbocycles. The van der Waals surface area contributed by atoms with Gasteiger partial charge in [-0.3, -0.25) is 17.4 Å². The standard InChI is InChI=1S/C54H63IN8O7/c1-8-24-61(51(64)46(32(2)3)59-53(66)68-6)34(5)49-56-29-44(57-49)40-18-20-41(33(4)26-40)38-17-21-42-39(28-38)19-22-43-48(42)63(55)50(58-43)45-27-36(23-25-70-31-35-13-12-14-35)30-62(45)52(65)47(60-54(67)69-7)37-15-10-9-11-16-37/h9-11,15-23,25-26,28,32,35-36,44-47H,5,8,12-14,24,27,29-31H2,1-4,6-7H3,(H,56,57)(H,59,66)(H,60,67)/b25-23+/t36?,44?,45-,46-,47+/m0/s1. The number of fused-ring (bicyclic) bond motifs is 3. The molecule has 15 nitrogen and oxygen atoms in total. The maximum absolute atomic E-state index is 14.7. The van der Waals surface area contributed by atoms with Crippen molar-refractivity contribution in [2.45, 2.75) is 84.0 Å². The van der Waals surface area contributed by atoms with Gasteiger partial charge < -0.3 is 40.0 Å². The number of benzene rings is 4. The molecule has 16 heteroatoms. The number of ether oxygens (including phenoxy) is 3. The lowest BCUT2D eigenvalue weighted by molar-refractivity contribution is -0.134. The number of carbonyl (C=O) groups excluding carboxylic acids is 4. The minimum absolute atomic E-state index is 0.00111. The van der Waals surface area contributed by atoms with E-state index in [-0.39, 0.29) is 29.7 Å². The van der Waals surface area contributed by atoms with Crippen LogP contribution < -0.4 is 16.0 Å². The SMILES string of the molecule is C=C(C1=NCC(c2ccc(-c3ccc4c(ccc5nc([C@@H]6CC(/C=C/OCC7CCC7)CN6C(=O)[C@H](NC(=O)OC)c6ccccc6)n(I)c54)c3)c(C)c2)N1)N(CCC)C(=O)[C@@H](NC(=O)OC)C(C)C. The Kier molecular flexibility index (Phi) is 15.8. The van der Waals surface area contributed by atoms with Gasteiger partial charge in [0.15, 0.2) is 0 Å². The Morgan fingerprint density at radius 2 is 1.74 bits per heavy atom. The molecular weight excluding hydrogens is 1000 g/mol. The topological polar surface area (TPSA) is 169 Å². The van der Waals surface area contributed by atoms with Crippen LogP contribution in [-0.2, 0) is 23.8 Å². The van der Waals surface area contributed by atoms with Gasteiger partial charge in [-0.2, -0.15) is 0 Å². The fraction of sp³-hybridized carbons (Fsp3) is 0.407. The molecule has 0 radical (unpaired) electrons. The number of amidine groups is 1. The molecule has 0 spiro atoms. The maximum Gasteiger partial charge on any atom is 0.407 e. The number of alkyl carbamates (subject to hydrolysis) is 2. The maximum atomic E-state index is 14.7.